The van der Waals surface area contributed by atoms with Crippen molar-refractivity contribution in [3.8, 4) is 6.07 Å². The van der Waals surface area contributed by atoms with E-state index in [-0.39, 0.29) is 12.0 Å². The Kier molecular flexibility index (Phi) is 3.26. The number of nitrogens with zero attached hydrogens (tertiary/aromatic N) is 2. The van der Waals surface area contributed by atoms with Crippen LogP contribution in [-0.2, 0) is 4.79 Å². The van der Waals surface area contributed by atoms with E-state index in [1.54, 1.807) is 0 Å². The van der Waals surface area contributed by atoms with Crippen molar-refractivity contribution in [1.82, 2.24) is 0 Å². The van der Waals surface area contributed by atoms with Crippen LogP contribution >= 0.6 is 0 Å². The van der Waals surface area contributed by atoms with Gasteiger partial charge in [0.05, 0.1) is 17.6 Å². The molecule has 1 fully saturated rings. The van der Waals surface area contributed by atoms with Crippen LogP contribution in [0.3, 0.4) is 0 Å². The lowest BCUT2D eigenvalue weighted by atomic mass is 10.0. The molecule has 1 N–H and O–H groups in total. The van der Waals surface area contributed by atoms with Gasteiger partial charge in [0.25, 0.3) is 0 Å². The van der Waals surface area contributed by atoms with E-state index >= 15 is 0 Å². The van der Waals surface area contributed by atoms with E-state index in [2.05, 4.69) is 11.0 Å². The number of nitriles is 1. The quantitative estimate of drug-likeness (QED) is 0.918. The van der Waals surface area contributed by atoms with Gasteiger partial charge in [-0.1, -0.05) is 24.3 Å². The zero-order chi connectivity index (χ0) is 15.0. The van der Waals surface area contributed by atoms with Crippen LogP contribution in [0.5, 0.6) is 0 Å². The lowest BCUT2D eigenvalue weighted by Crippen LogP contribution is -2.33. The topological polar surface area (TPSA) is 64.3 Å². The van der Waals surface area contributed by atoms with E-state index in [0.717, 1.165) is 23.0 Å². The van der Waals surface area contributed by atoms with Gasteiger partial charge in [0.15, 0.2) is 0 Å². The maximum atomic E-state index is 11.3. The zero-order valence-corrected chi connectivity index (χ0v) is 11.8. The molecule has 0 unspecified atom stereocenters. The van der Waals surface area contributed by atoms with E-state index in [4.69, 9.17) is 0 Å². The number of carbonyl (C=O) groups is 1. The molecule has 0 aromatic heterocycles. The van der Waals surface area contributed by atoms with Gasteiger partial charge in [-0.2, -0.15) is 5.26 Å². The highest BCUT2D eigenvalue weighted by Crippen LogP contribution is 2.35. The maximum absolute atomic E-state index is 11.3. The van der Waals surface area contributed by atoms with Crippen LogP contribution in [0.2, 0.25) is 0 Å². The van der Waals surface area contributed by atoms with E-state index in [1.165, 1.54) is 0 Å². The molecule has 106 valence electrons. The third-order valence-electron chi connectivity index (χ3n) is 4.40. The molecule has 1 aliphatic rings. The summed E-state index contributed by atoms with van der Waals surface area (Å²) in [5.41, 5.74) is 1.66. The Morgan fingerprint density at radius 2 is 2.00 bits per heavy atom. The fraction of sp³-hybridized carbons (Fsp3) is 0.294. The number of carboxylic acid groups (broad SMARTS) is 1. The van der Waals surface area contributed by atoms with Crippen molar-refractivity contribution < 1.29 is 9.90 Å². The molecule has 0 spiro atoms. The van der Waals surface area contributed by atoms with Crippen molar-refractivity contribution in [2.75, 3.05) is 11.4 Å². The molecule has 0 saturated carbocycles. The summed E-state index contributed by atoms with van der Waals surface area (Å²) in [7, 11) is 0. The average Bonchev–Trinajstić information content (AvgIpc) is 2.88. The SMILES string of the molecule is C[C@H]1[C@@H](C(=O)O)CCN1c1ccc(C#N)c2ccccc12. The molecule has 4 heteroatoms. The molecule has 2 aromatic rings. The normalized spacial score (nSPS) is 21.4. The highest BCUT2D eigenvalue weighted by Gasteiger charge is 2.36. The first-order chi connectivity index (χ1) is 10.1. The van der Waals surface area contributed by atoms with Crippen LogP contribution in [0.25, 0.3) is 10.8 Å². The zero-order valence-electron chi connectivity index (χ0n) is 11.8. The summed E-state index contributed by atoms with van der Waals surface area (Å²) in [5.74, 6) is -1.07. The van der Waals surface area contributed by atoms with Crippen LogP contribution in [0.4, 0.5) is 5.69 Å². The predicted molar refractivity (Wildman–Crippen MR) is 81.2 cm³/mol. The summed E-state index contributed by atoms with van der Waals surface area (Å²) in [4.78, 5) is 13.4. The lowest BCUT2D eigenvalue weighted by Gasteiger charge is -2.27. The summed E-state index contributed by atoms with van der Waals surface area (Å²) in [5, 5.41) is 20.4. The Morgan fingerprint density at radius 3 is 2.62 bits per heavy atom. The molecule has 0 aliphatic carbocycles. The third kappa shape index (κ3) is 2.11. The van der Waals surface area contributed by atoms with Gasteiger partial charge in [0.1, 0.15) is 0 Å². The molecule has 1 aliphatic heterocycles. The summed E-state index contributed by atoms with van der Waals surface area (Å²) in [6, 6.07) is 13.7. The van der Waals surface area contributed by atoms with Crippen molar-refractivity contribution in [3.05, 3.63) is 42.0 Å². The molecule has 0 radical (unpaired) electrons. The summed E-state index contributed by atoms with van der Waals surface area (Å²) >= 11 is 0. The molecule has 3 rings (SSSR count). The van der Waals surface area contributed by atoms with Crippen LogP contribution in [-0.4, -0.2) is 23.7 Å². The minimum Gasteiger partial charge on any atom is -0.481 e. The van der Waals surface area contributed by atoms with Gasteiger partial charge in [-0.05, 0) is 25.5 Å². The summed E-state index contributed by atoms with van der Waals surface area (Å²) < 4.78 is 0. The van der Waals surface area contributed by atoms with E-state index in [9.17, 15) is 15.2 Å². The van der Waals surface area contributed by atoms with Crippen LogP contribution in [0.1, 0.15) is 18.9 Å². The number of anilines is 1. The molecule has 1 saturated heterocycles. The summed E-state index contributed by atoms with van der Waals surface area (Å²) in [6.07, 6.45) is 0.658. The monoisotopic (exact) mass is 280 g/mol. The minimum absolute atomic E-state index is 0.0427. The fourth-order valence-corrected chi connectivity index (χ4v) is 3.24. The minimum atomic E-state index is -0.733. The van der Waals surface area contributed by atoms with Crippen molar-refractivity contribution in [1.29, 1.82) is 5.26 Å². The van der Waals surface area contributed by atoms with Gasteiger partial charge >= 0.3 is 5.97 Å². The molecule has 0 amide bonds. The molecule has 4 nitrogen and oxygen atoms in total. The molecule has 21 heavy (non-hydrogen) atoms. The lowest BCUT2D eigenvalue weighted by molar-refractivity contribution is -0.141. The smallest absolute Gasteiger partial charge is 0.308 e. The molecule has 2 atom stereocenters. The number of aliphatic carboxylic acids is 1. The van der Waals surface area contributed by atoms with Gasteiger partial charge in [-0.3, -0.25) is 4.79 Å². The molecular weight excluding hydrogens is 264 g/mol. The highest BCUT2D eigenvalue weighted by atomic mass is 16.4. The van der Waals surface area contributed by atoms with Gasteiger partial charge in [0, 0.05) is 29.0 Å². The van der Waals surface area contributed by atoms with Crippen molar-refractivity contribution in [3.63, 3.8) is 0 Å². The third-order valence-corrected chi connectivity index (χ3v) is 4.40. The Bertz CT molecular complexity index is 748. The Hall–Kier alpha value is -2.54. The second-order valence-corrected chi connectivity index (χ2v) is 5.46. The number of rotatable bonds is 2. The largest absolute Gasteiger partial charge is 0.481 e. The van der Waals surface area contributed by atoms with Crippen molar-refractivity contribution in [2.24, 2.45) is 5.92 Å². The fourth-order valence-electron chi connectivity index (χ4n) is 3.24. The second-order valence-electron chi connectivity index (χ2n) is 5.46. The molecule has 2 aromatic carbocycles. The number of benzene rings is 2. The second kappa shape index (κ2) is 5.10. The van der Waals surface area contributed by atoms with E-state index in [0.29, 0.717) is 12.0 Å². The first-order valence-electron chi connectivity index (χ1n) is 7.05. The molecule has 0 bridgehead atoms. The standard InChI is InChI=1S/C17H16N2O2/c1-11-13(17(20)21)8-9-19(11)16-7-6-12(10-18)14-4-2-3-5-15(14)16/h2-7,11,13H,8-9H2,1H3,(H,20,21)/t11-,13-/m0/s1. The maximum Gasteiger partial charge on any atom is 0.308 e. The van der Waals surface area contributed by atoms with Crippen molar-refractivity contribution >= 4 is 22.4 Å². The average molecular weight is 280 g/mol. The Balaban J connectivity index is 2.11. The van der Waals surface area contributed by atoms with Gasteiger partial charge in [-0.25, -0.2) is 0 Å². The van der Waals surface area contributed by atoms with Gasteiger partial charge in [0.2, 0.25) is 0 Å². The number of hydrogen-bond donors (Lipinski definition) is 1. The van der Waals surface area contributed by atoms with Crippen LogP contribution < -0.4 is 4.90 Å². The Labute approximate surface area is 123 Å². The van der Waals surface area contributed by atoms with Crippen LogP contribution in [0, 0.1) is 17.2 Å². The number of fused-ring (bicyclic) bond motifs is 1. The molecule has 1 heterocycles. The number of hydrogen-bond acceptors (Lipinski definition) is 3. The Morgan fingerprint density at radius 1 is 1.29 bits per heavy atom. The van der Waals surface area contributed by atoms with Gasteiger partial charge < -0.3 is 10.0 Å². The predicted octanol–water partition coefficient (Wildman–Crippen LogP) is 3.01. The first kappa shape index (κ1) is 13.4. The summed E-state index contributed by atoms with van der Waals surface area (Å²) in [6.45, 7) is 2.69. The highest BCUT2D eigenvalue weighted by molar-refractivity contribution is 5.98. The van der Waals surface area contributed by atoms with E-state index < -0.39 is 5.97 Å². The van der Waals surface area contributed by atoms with E-state index in [1.807, 2.05) is 43.3 Å². The van der Waals surface area contributed by atoms with Crippen LogP contribution in [0.15, 0.2) is 36.4 Å². The number of carboxylic acids is 1. The molecular formula is C17H16N2O2. The van der Waals surface area contributed by atoms with Gasteiger partial charge in [-0.15, -0.1) is 0 Å². The van der Waals surface area contributed by atoms with Crippen molar-refractivity contribution in [2.45, 2.75) is 19.4 Å². The first-order valence-corrected chi connectivity index (χ1v) is 7.05.